The average molecular weight is 218 g/mol. The molecule has 1 aromatic rings. The Bertz CT molecular complexity index is 258. The second-order valence-corrected chi connectivity index (χ2v) is 4.29. The largest absolute Gasteiger partial charge is 0.481 e. The lowest BCUT2D eigenvalue weighted by Crippen LogP contribution is -2.04. The number of rotatable bonds is 5. The van der Waals surface area contributed by atoms with Crippen molar-refractivity contribution < 1.29 is 15.0 Å². The lowest BCUT2D eigenvalue weighted by atomic mass is 10.2. The highest BCUT2D eigenvalue weighted by Gasteiger charge is 2.08. The van der Waals surface area contributed by atoms with Crippen molar-refractivity contribution >= 4 is 29.1 Å². The molecule has 1 aromatic heterocycles. The summed E-state index contributed by atoms with van der Waals surface area (Å²) in [5.41, 5.74) is 0.864. The zero-order valence-corrected chi connectivity index (χ0v) is 8.48. The molecule has 0 bridgehead atoms. The van der Waals surface area contributed by atoms with Crippen LogP contribution in [0, 0.1) is 0 Å². The Balaban J connectivity index is 2.26. The first-order chi connectivity index (χ1) is 6.20. The molecule has 0 saturated carbocycles. The van der Waals surface area contributed by atoms with E-state index in [2.05, 4.69) is 0 Å². The van der Waals surface area contributed by atoms with Crippen molar-refractivity contribution in [2.75, 3.05) is 11.5 Å². The zero-order chi connectivity index (χ0) is 9.68. The van der Waals surface area contributed by atoms with Crippen LogP contribution in [0.25, 0.3) is 0 Å². The van der Waals surface area contributed by atoms with E-state index in [0.29, 0.717) is 5.75 Å². The van der Waals surface area contributed by atoms with Crippen LogP contribution in [0.5, 0.6) is 0 Å². The molecule has 0 fully saturated rings. The number of carboxylic acids is 1. The Morgan fingerprint density at radius 3 is 3.00 bits per heavy atom. The van der Waals surface area contributed by atoms with E-state index in [-0.39, 0.29) is 5.75 Å². The molecular weight excluding hydrogens is 208 g/mol. The molecule has 72 valence electrons. The maximum absolute atomic E-state index is 10.2. The van der Waals surface area contributed by atoms with E-state index in [0.717, 1.165) is 5.56 Å². The maximum Gasteiger partial charge on any atom is 0.313 e. The van der Waals surface area contributed by atoms with E-state index in [9.17, 15) is 9.90 Å². The molecule has 1 atom stereocenters. The van der Waals surface area contributed by atoms with Crippen LogP contribution in [0.1, 0.15) is 11.7 Å². The molecular formula is C8H10O3S2. The van der Waals surface area contributed by atoms with E-state index in [1.807, 2.05) is 16.8 Å². The summed E-state index contributed by atoms with van der Waals surface area (Å²) >= 11 is 2.74. The van der Waals surface area contributed by atoms with Crippen LogP contribution < -0.4 is 0 Å². The minimum absolute atomic E-state index is 0.0429. The Morgan fingerprint density at radius 1 is 1.69 bits per heavy atom. The maximum atomic E-state index is 10.2. The molecule has 0 aliphatic rings. The first kappa shape index (κ1) is 10.6. The Labute approximate surface area is 84.4 Å². The van der Waals surface area contributed by atoms with Crippen LogP contribution >= 0.6 is 23.1 Å². The van der Waals surface area contributed by atoms with Gasteiger partial charge >= 0.3 is 5.97 Å². The summed E-state index contributed by atoms with van der Waals surface area (Å²) in [5.74, 6) is -0.368. The van der Waals surface area contributed by atoms with Crippen molar-refractivity contribution in [1.82, 2.24) is 0 Å². The van der Waals surface area contributed by atoms with Crippen molar-refractivity contribution in [2.24, 2.45) is 0 Å². The molecule has 0 amide bonds. The van der Waals surface area contributed by atoms with Gasteiger partial charge < -0.3 is 10.2 Å². The molecule has 0 spiro atoms. The third-order valence-corrected chi connectivity index (χ3v) is 3.13. The molecule has 0 aliphatic heterocycles. The highest BCUT2D eigenvalue weighted by Crippen LogP contribution is 2.20. The fourth-order valence-corrected chi connectivity index (χ4v) is 2.23. The number of hydrogen-bond acceptors (Lipinski definition) is 4. The topological polar surface area (TPSA) is 57.5 Å². The molecule has 13 heavy (non-hydrogen) atoms. The molecule has 2 N–H and O–H groups in total. The van der Waals surface area contributed by atoms with E-state index < -0.39 is 12.1 Å². The Morgan fingerprint density at radius 2 is 2.46 bits per heavy atom. The predicted molar refractivity (Wildman–Crippen MR) is 54.2 cm³/mol. The Kier molecular flexibility index (Phi) is 4.27. The minimum Gasteiger partial charge on any atom is -0.481 e. The standard InChI is InChI=1S/C8H10O3S2/c9-7(4-13-5-8(10)11)6-1-2-12-3-6/h1-3,7,9H,4-5H2,(H,10,11)/t7-/m0/s1. The number of aliphatic hydroxyl groups is 1. The van der Waals surface area contributed by atoms with E-state index in [4.69, 9.17) is 5.11 Å². The van der Waals surface area contributed by atoms with Crippen LogP contribution in [-0.4, -0.2) is 27.7 Å². The predicted octanol–water partition coefficient (Wildman–Crippen LogP) is 1.60. The summed E-state index contributed by atoms with van der Waals surface area (Å²) in [4.78, 5) is 10.2. The van der Waals surface area contributed by atoms with Crippen LogP contribution in [0.15, 0.2) is 16.8 Å². The van der Waals surface area contributed by atoms with Gasteiger partial charge in [0, 0.05) is 5.75 Å². The van der Waals surface area contributed by atoms with Crippen molar-refractivity contribution in [1.29, 1.82) is 0 Å². The molecule has 0 radical (unpaired) electrons. The average Bonchev–Trinajstić information content (AvgIpc) is 2.55. The number of aliphatic hydroxyl groups excluding tert-OH is 1. The fourth-order valence-electron chi connectivity index (χ4n) is 0.819. The van der Waals surface area contributed by atoms with Crippen molar-refractivity contribution in [2.45, 2.75) is 6.10 Å². The summed E-state index contributed by atoms with van der Waals surface area (Å²) in [6.07, 6.45) is -0.546. The summed E-state index contributed by atoms with van der Waals surface area (Å²) in [6, 6.07) is 1.84. The van der Waals surface area contributed by atoms with Gasteiger partial charge in [0.05, 0.1) is 11.9 Å². The van der Waals surface area contributed by atoms with Crippen molar-refractivity contribution in [3.8, 4) is 0 Å². The van der Waals surface area contributed by atoms with Gasteiger partial charge in [0.15, 0.2) is 0 Å². The van der Waals surface area contributed by atoms with Gasteiger partial charge in [-0.15, -0.1) is 11.8 Å². The lowest BCUT2D eigenvalue weighted by molar-refractivity contribution is -0.133. The third kappa shape index (κ3) is 3.80. The molecule has 5 heteroatoms. The molecule has 0 aromatic carbocycles. The number of hydrogen-bond donors (Lipinski definition) is 2. The monoisotopic (exact) mass is 218 g/mol. The van der Waals surface area contributed by atoms with E-state index in [1.54, 1.807) is 0 Å². The lowest BCUT2D eigenvalue weighted by Gasteiger charge is -2.06. The van der Waals surface area contributed by atoms with Gasteiger partial charge in [0.2, 0.25) is 0 Å². The molecule has 0 unspecified atom stereocenters. The molecule has 0 aliphatic carbocycles. The summed E-state index contributed by atoms with van der Waals surface area (Å²) in [7, 11) is 0. The van der Waals surface area contributed by atoms with Crippen LogP contribution in [0.4, 0.5) is 0 Å². The van der Waals surface area contributed by atoms with Crippen molar-refractivity contribution in [3.05, 3.63) is 22.4 Å². The van der Waals surface area contributed by atoms with Gasteiger partial charge in [-0.25, -0.2) is 0 Å². The molecule has 1 heterocycles. The zero-order valence-electron chi connectivity index (χ0n) is 6.84. The summed E-state index contributed by atoms with van der Waals surface area (Å²) in [5, 5.41) is 21.6. The van der Waals surface area contributed by atoms with Crippen LogP contribution in [0.3, 0.4) is 0 Å². The highest BCUT2D eigenvalue weighted by atomic mass is 32.2. The van der Waals surface area contributed by atoms with Gasteiger partial charge in [-0.05, 0) is 22.4 Å². The second kappa shape index (κ2) is 5.26. The first-order valence-electron chi connectivity index (χ1n) is 3.70. The van der Waals surface area contributed by atoms with Gasteiger partial charge in [0.25, 0.3) is 0 Å². The fraction of sp³-hybridized carbons (Fsp3) is 0.375. The normalized spacial score (nSPS) is 12.7. The number of aliphatic carboxylic acids is 1. The second-order valence-electron chi connectivity index (χ2n) is 2.48. The van der Waals surface area contributed by atoms with E-state index in [1.165, 1.54) is 23.1 Å². The molecule has 1 rings (SSSR count). The summed E-state index contributed by atoms with van der Waals surface area (Å²) in [6.45, 7) is 0. The number of carboxylic acid groups (broad SMARTS) is 1. The number of thiophene rings is 1. The molecule has 0 saturated heterocycles. The SMILES string of the molecule is O=C(O)CSC[C@H](O)c1ccsc1. The smallest absolute Gasteiger partial charge is 0.313 e. The van der Waals surface area contributed by atoms with Crippen LogP contribution in [-0.2, 0) is 4.79 Å². The quantitative estimate of drug-likeness (QED) is 0.788. The number of thioether (sulfide) groups is 1. The Hall–Kier alpha value is -0.520. The van der Waals surface area contributed by atoms with Crippen molar-refractivity contribution in [3.63, 3.8) is 0 Å². The van der Waals surface area contributed by atoms with Gasteiger partial charge in [0.1, 0.15) is 0 Å². The van der Waals surface area contributed by atoms with Gasteiger partial charge in [-0.3, -0.25) is 4.79 Å². The van der Waals surface area contributed by atoms with Gasteiger partial charge in [-0.1, -0.05) is 0 Å². The van der Waals surface area contributed by atoms with E-state index >= 15 is 0 Å². The summed E-state index contributed by atoms with van der Waals surface area (Å²) < 4.78 is 0. The molecule has 3 nitrogen and oxygen atoms in total. The third-order valence-electron chi connectivity index (χ3n) is 1.43. The number of carbonyl (C=O) groups is 1. The minimum atomic E-state index is -0.845. The first-order valence-corrected chi connectivity index (χ1v) is 5.79. The van der Waals surface area contributed by atoms with Gasteiger partial charge in [-0.2, -0.15) is 11.3 Å². The van der Waals surface area contributed by atoms with Crippen LogP contribution in [0.2, 0.25) is 0 Å². The highest BCUT2D eigenvalue weighted by molar-refractivity contribution is 7.99.